The third kappa shape index (κ3) is 3.10. The Labute approximate surface area is 123 Å². The quantitative estimate of drug-likeness (QED) is 0.803. The van der Waals surface area contributed by atoms with Gasteiger partial charge in [0.15, 0.2) is 0 Å². The highest BCUT2D eigenvalue weighted by molar-refractivity contribution is 9.11. The number of aliphatic hydroxyl groups excluding tert-OH is 1. The van der Waals surface area contributed by atoms with Gasteiger partial charge in [0.05, 0.1) is 10.4 Å². The van der Waals surface area contributed by atoms with E-state index in [-0.39, 0.29) is 16.2 Å². The molecule has 0 spiro atoms. The lowest BCUT2D eigenvalue weighted by atomic mass is 10.4. The smallest absolute Gasteiger partial charge is 0.242 e. The molecule has 0 atom stereocenters. The van der Waals surface area contributed by atoms with Gasteiger partial charge in [0, 0.05) is 16.2 Å². The third-order valence-corrected chi connectivity index (χ3v) is 8.03. The van der Waals surface area contributed by atoms with Gasteiger partial charge in [-0.05, 0) is 41.1 Å². The van der Waals surface area contributed by atoms with E-state index in [1.165, 1.54) is 17.4 Å². The molecule has 2 rings (SSSR count). The van der Waals surface area contributed by atoms with Crippen LogP contribution in [0.1, 0.15) is 17.7 Å². The van der Waals surface area contributed by atoms with Crippen molar-refractivity contribution in [2.75, 3.05) is 12.8 Å². The number of nitrogens with one attached hydrogen (secondary N) is 1. The molecule has 0 saturated heterocycles. The summed E-state index contributed by atoms with van der Waals surface area (Å²) in [5.74, 6) is 0. The molecule has 18 heavy (non-hydrogen) atoms. The summed E-state index contributed by atoms with van der Waals surface area (Å²) in [7, 11) is -3.49. The fourth-order valence-electron chi connectivity index (χ4n) is 1.56. The van der Waals surface area contributed by atoms with Crippen molar-refractivity contribution >= 4 is 49.1 Å². The Bertz CT molecular complexity index is 537. The summed E-state index contributed by atoms with van der Waals surface area (Å²) in [6, 6.07) is 1.51. The SMILES string of the molecule is CSC1(CNS(=O)(=O)c2cc(CO)sc2Br)CC1. The Morgan fingerprint density at radius 3 is 2.72 bits per heavy atom. The van der Waals surface area contributed by atoms with E-state index in [1.807, 2.05) is 6.26 Å². The number of thiophene rings is 1. The minimum Gasteiger partial charge on any atom is -0.391 e. The molecule has 1 aliphatic carbocycles. The Kier molecular flexibility index (Phi) is 4.45. The Hall–Kier alpha value is 0.400. The van der Waals surface area contributed by atoms with Crippen LogP contribution in [-0.4, -0.2) is 31.1 Å². The van der Waals surface area contributed by atoms with Crippen LogP contribution in [0.15, 0.2) is 14.7 Å². The molecule has 1 saturated carbocycles. The van der Waals surface area contributed by atoms with Crippen LogP contribution in [0, 0.1) is 0 Å². The normalized spacial score (nSPS) is 17.9. The molecule has 1 aromatic heterocycles. The highest BCUT2D eigenvalue weighted by atomic mass is 79.9. The molecule has 102 valence electrons. The molecule has 4 nitrogen and oxygen atoms in total. The molecule has 1 aliphatic rings. The Morgan fingerprint density at radius 1 is 1.61 bits per heavy atom. The minimum absolute atomic E-state index is 0.0926. The molecular formula is C10H14BrNO3S3. The predicted molar refractivity (Wildman–Crippen MR) is 78.6 cm³/mol. The van der Waals surface area contributed by atoms with Crippen molar-refractivity contribution < 1.29 is 13.5 Å². The van der Waals surface area contributed by atoms with E-state index in [0.29, 0.717) is 15.2 Å². The maximum atomic E-state index is 12.1. The summed E-state index contributed by atoms with van der Waals surface area (Å²) >= 11 is 6.18. The van der Waals surface area contributed by atoms with Gasteiger partial charge in [0.2, 0.25) is 10.0 Å². The van der Waals surface area contributed by atoms with E-state index in [1.54, 1.807) is 11.8 Å². The maximum absolute atomic E-state index is 12.1. The fourth-order valence-corrected chi connectivity index (χ4v) is 6.04. The van der Waals surface area contributed by atoms with Crippen LogP contribution in [0.3, 0.4) is 0 Å². The van der Waals surface area contributed by atoms with Crippen LogP contribution < -0.4 is 4.72 Å². The van der Waals surface area contributed by atoms with Crippen molar-refractivity contribution in [3.05, 3.63) is 14.7 Å². The second kappa shape index (κ2) is 5.41. The number of aliphatic hydroxyl groups is 1. The molecular weight excluding hydrogens is 358 g/mol. The average Bonchev–Trinajstić information content (AvgIpc) is 3.03. The summed E-state index contributed by atoms with van der Waals surface area (Å²) in [6.07, 6.45) is 4.12. The third-order valence-electron chi connectivity index (χ3n) is 2.98. The molecule has 0 aliphatic heterocycles. The van der Waals surface area contributed by atoms with Gasteiger partial charge in [0.25, 0.3) is 0 Å². The lowest BCUT2D eigenvalue weighted by Crippen LogP contribution is -2.31. The van der Waals surface area contributed by atoms with Crippen LogP contribution in [-0.2, 0) is 16.6 Å². The number of rotatable bonds is 6. The van der Waals surface area contributed by atoms with E-state index in [0.717, 1.165) is 12.8 Å². The molecule has 8 heteroatoms. The van der Waals surface area contributed by atoms with Crippen LogP contribution in [0.4, 0.5) is 0 Å². The highest BCUT2D eigenvalue weighted by Crippen LogP contribution is 2.46. The number of sulfonamides is 1. The molecule has 1 aromatic rings. The minimum atomic E-state index is -3.49. The molecule has 1 fully saturated rings. The monoisotopic (exact) mass is 371 g/mol. The average molecular weight is 372 g/mol. The first kappa shape index (κ1) is 14.8. The second-order valence-electron chi connectivity index (χ2n) is 4.22. The summed E-state index contributed by atoms with van der Waals surface area (Å²) in [5.41, 5.74) is 0. The van der Waals surface area contributed by atoms with Crippen molar-refractivity contribution in [3.63, 3.8) is 0 Å². The first-order chi connectivity index (χ1) is 8.42. The van der Waals surface area contributed by atoms with Crippen LogP contribution in [0.2, 0.25) is 0 Å². The first-order valence-electron chi connectivity index (χ1n) is 5.36. The van der Waals surface area contributed by atoms with Crippen LogP contribution in [0.25, 0.3) is 0 Å². The van der Waals surface area contributed by atoms with Crippen molar-refractivity contribution in [2.24, 2.45) is 0 Å². The molecule has 0 radical (unpaired) electrons. The van der Waals surface area contributed by atoms with Crippen molar-refractivity contribution in [1.82, 2.24) is 4.72 Å². The summed E-state index contributed by atoms with van der Waals surface area (Å²) < 4.78 is 27.6. The topological polar surface area (TPSA) is 66.4 Å². The van der Waals surface area contributed by atoms with E-state index in [2.05, 4.69) is 20.7 Å². The summed E-state index contributed by atoms with van der Waals surface area (Å²) in [6.45, 7) is 0.320. The van der Waals surface area contributed by atoms with Gasteiger partial charge in [-0.2, -0.15) is 11.8 Å². The number of thioether (sulfide) groups is 1. The summed E-state index contributed by atoms with van der Waals surface area (Å²) in [4.78, 5) is 0.849. The first-order valence-corrected chi connectivity index (χ1v) is 9.68. The van der Waals surface area contributed by atoms with Gasteiger partial charge in [-0.15, -0.1) is 11.3 Å². The highest BCUT2D eigenvalue weighted by Gasteiger charge is 2.42. The van der Waals surface area contributed by atoms with Crippen molar-refractivity contribution in [3.8, 4) is 0 Å². The zero-order valence-electron chi connectivity index (χ0n) is 9.77. The number of hydrogen-bond acceptors (Lipinski definition) is 5. The second-order valence-corrected chi connectivity index (χ2v) is 9.68. The van der Waals surface area contributed by atoms with Crippen molar-refractivity contribution in [2.45, 2.75) is 29.1 Å². The molecule has 1 heterocycles. The standard InChI is InChI=1S/C10H14BrNO3S3/c1-16-10(2-3-10)6-12-18(14,15)8-4-7(5-13)17-9(8)11/h4,12-13H,2-3,5-6H2,1H3. The van der Waals surface area contributed by atoms with E-state index >= 15 is 0 Å². The molecule has 2 N–H and O–H groups in total. The van der Waals surface area contributed by atoms with Gasteiger partial charge in [-0.25, -0.2) is 13.1 Å². The van der Waals surface area contributed by atoms with Gasteiger partial charge in [-0.3, -0.25) is 0 Å². The zero-order valence-corrected chi connectivity index (χ0v) is 13.8. The Balaban J connectivity index is 2.12. The molecule has 0 amide bonds. The van der Waals surface area contributed by atoms with Gasteiger partial charge < -0.3 is 5.11 Å². The van der Waals surface area contributed by atoms with Crippen molar-refractivity contribution in [1.29, 1.82) is 0 Å². The summed E-state index contributed by atoms with van der Waals surface area (Å²) in [5, 5.41) is 9.02. The largest absolute Gasteiger partial charge is 0.391 e. The lowest BCUT2D eigenvalue weighted by molar-refractivity contribution is 0.285. The van der Waals surface area contributed by atoms with Gasteiger partial charge in [0.1, 0.15) is 4.90 Å². The van der Waals surface area contributed by atoms with E-state index < -0.39 is 10.0 Å². The molecule has 0 bridgehead atoms. The molecule has 0 unspecified atom stereocenters. The van der Waals surface area contributed by atoms with Crippen LogP contribution in [0.5, 0.6) is 0 Å². The maximum Gasteiger partial charge on any atom is 0.242 e. The van der Waals surface area contributed by atoms with Gasteiger partial charge >= 0.3 is 0 Å². The number of hydrogen-bond donors (Lipinski definition) is 2. The fraction of sp³-hybridized carbons (Fsp3) is 0.600. The predicted octanol–water partition coefficient (Wildman–Crippen LogP) is 2.18. The van der Waals surface area contributed by atoms with Crippen LogP contribution >= 0.6 is 39.0 Å². The number of halogens is 1. The van der Waals surface area contributed by atoms with E-state index in [4.69, 9.17) is 5.11 Å². The Morgan fingerprint density at radius 2 is 2.28 bits per heavy atom. The lowest BCUT2D eigenvalue weighted by Gasteiger charge is -2.12. The van der Waals surface area contributed by atoms with Gasteiger partial charge in [-0.1, -0.05) is 0 Å². The van der Waals surface area contributed by atoms with E-state index in [9.17, 15) is 8.42 Å². The zero-order chi connectivity index (χ0) is 13.4. The molecule has 0 aromatic carbocycles.